The summed E-state index contributed by atoms with van der Waals surface area (Å²) in [4.78, 5) is 7.98. The number of hydrogen-bond acceptors (Lipinski definition) is 2. The third kappa shape index (κ3) is 2.25. The fourth-order valence-electron chi connectivity index (χ4n) is 2.21. The molecule has 17 heavy (non-hydrogen) atoms. The minimum atomic E-state index is 0.518. The van der Waals surface area contributed by atoms with Gasteiger partial charge < -0.3 is 4.98 Å². The van der Waals surface area contributed by atoms with Crippen LogP contribution < -0.4 is 0 Å². The molecule has 0 bridgehead atoms. The van der Waals surface area contributed by atoms with Gasteiger partial charge in [-0.15, -0.1) is 0 Å². The van der Waals surface area contributed by atoms with Crippen LogP contribution >= 0.6 is 27.7 Å². The molecule has 3 rings (SSSR count). The largest absolute Gasteiger partial charge is 0.333 e. The molecule has 1 aliphatic rings. The molecule has 2 nitrogen and oxygen atoms in total. The van der Waals surface area contributed by atoms with Crippen molar-refractivity contribution in [2.75, 3.05) is 11.1 Å². The normalized spacial score (nSPS) is 18.2. The number of thioether (sulfide) groups is 1. The van der Waals surface area contributed by atoms with Gasteiger partial charge in [-0.2, -0.15) is 0 Å². The lowest BCUT2D eigenvalue weighted by atomic mass is 9.72. The Labute approximate surface area is 114 Å². The van der Waals surface area contributed by atoms with E-state index in [1.807, 2.05) is 23.9 Å². The molecule has 0 radical (unpaired) electrons. The Morgan fingerprint density at radius 3 is 2.82 bits per heavy atom. The maximum Gasteiger partial charge on any atom is 0.166 e. The zero-order chi connectivity index (χ0) is 11.7. The van der Waals surface area contributed by atoms with Crippen molar-refractivity contribution in [1.29, 1.82) is 0 Å². The third-order valence-corrected chi connectivity index (χ3v) is 5.99. The van der Waals surface area contributed by atoms with E-state index < -0.39 is 0 Å². The number of nitrogens with one attached hydrogen (secondary N) is 1. The number of H-pyrrole nitrogens is 1. The van der Waals surface area contributed by atoms with Crippen LogP contribution in [0.3, 0.4) is 0 Å². The fourth-order valence-corrected chi connectivity index (χ4v) is 4.41. The van der Waals surface area contributed by atoms with E-state index in [-0.39, 0.29) is 0 Å². The van der Waals surface area contributed by atoms with Crippen LogP contribution in [0.4, 0.5) is 0 Å². The quantitative estimate of drug-likeness (QED) is 0.676. The second kappa shape index (κ2) is 4.65. The lowest BCUT2D eigenvalue weighted by Crippen LogP contribution is -2.33. The molecule has 1 heterocycles. The molecular formula is C13H15BrN2S. The molecule has 0 spiro atoms. The number of aromatic nitrogens is 2. The Morgan fingerprint density at radius 1 is 1.35 bits per heavy atom. The van der Waals surface area contributed by atoms with Crippen LogP contribution in [0, 0.1) is 5.41 Å². The average Bonchev–Trinajstić information content (AvgIpc) is 2.71. The van der Waals surface area contributed by atoms with Crippen LogP contribution in [-0.2, 0) is 0 Å². The van der Waals surface area contributed by atoms with Crippen molar-refractivity contribution >= 4 is 38.7 Å². The van der Waals surface area contributed by atoms with Crippen LogP contribution in [-0.4, -0.2) is 21.1 Å². The minimum Gasteiger partial charge on any atom is -0.333 e. The molecule has 0 aliphatic heterocycles. The summed E-state index contributed by atoms with van der Waals surface area (Å²) >= 11 is 5.50. The van der Waals surface area contributed by atoms with Gasteiger partial charge in [-0.1, -0.05) is 46.2 Å². The second-order valence-corrected chi connectivity index (χ2v) is 6.36. The molecule has 2 aromatic rings. The molecule has 0 unspecified atom stereocenters. The zero-order valence-electron chi connectivity index (χ0n) is 9.58. The number of imidazole rings is 1. The number of rotatable bonds is 4. The van der Waals surface area contributed by atoms with Crippen molar-refractivity contribution in [3.05, 3.63) is 24.3 Å². The third-order valence-electron chi connectivity index (χ3n) is 3.58. The van der Waals surface area contributed by atoms with Gasteiger partial charge in [0.25, 0.3) is 0 Å². The molecule has 1 fully saturated rings. The number of hydrogen-bond donors (Lipinski definition) is 1. The van der Waals surface area contributed by atoms with E-state index in [1.165, 1.54) is 19.3 Å². The van der Waals surface area contributed by atoms with Crippen LogP contribution in [0.5, 0.6) is 0 Å². The summed E-state index contributed by atoms with van der Waals surface area (Å²) in [5.41, 5.74) is 2.72. The molecular weight excluding hydrogens is 296 g/mol. The first-order chi connectivity index (χ1) is 8.31. The first kappa shape index (κ1) is 11.6. The molecule has 90 valence electrons. The van der Waals surface area contributed by atoms with E-state index in [4.69, 9.17) is 0 Å². The fraction of sp³-hybridized carbons (Fsp3) is 0.462. The summed E-state index contributed by atoms with van der Waals surface area (Å²) in [6.07, 6.45) is 4.09. The van der Waals surface area contributed by atoms with Gasteiger partial charge in [-0.05, 0) is 30.4 Å². The Morgan fingerprint density at radius 2 is 2.18 bits per heavy atom. The number of para-hydroxylation sites is 2. The first-order valence-electron chi connectivity index (χ1n) is 5.95. The number of fused-ring (bicyclic) bond motifs is 1. The molecule has 1 aliphatic carbocycles. The van der Waals surface area contributed by atoms with Gasteiger partial charge in [-0.3, -0.25) is 0 Å². The summed E-state index contributed by atoms with van der Waals surface area (Å²) in [6.45, 7) is 0. The number of benzene rings is 1. The molecule has 0 atom stereocenters. The van der Waals surface area contributed by atoms with Gasteiger partial charge in [0.2, 0.25) is 0 Å². The molecule has 1 N–H and O–H groups in total. The van der Waals surface area contributed by atoms with Crippen molar-refractivity contribution in [3.63, 3.8) is 0 Å². The van der Waals surface area contributed by atoms with Crippen LogP contribution in [0.25, 0.3) is 11.0 Å². The highest BCUT2D eigenvalue weighted by Crippen LogP contribution is 2.45. The Hall–Kier alpha value is -0.480. The van der Waals surface area contributed by atoms with Crippen molar-refractivity contribution in [2.24, 2.45) is 5.41 Å². The number of alkyl halides is 1. The van der Waals surface area contributed by atoms with E-state index in [0.29, 0.717) is 5.41 Å². The van der Waals surface area contributed by atoms with Crippen LogP contribution in [0.1, 0.15) is 19.3 Å². The summed E-state index contributed by atoms with van der Waals surface area (Å²) < 4.78 is 0. The SMILES string of the molecule is BrCC1(CSc2nc3ccccc3[nH]2)CCC1. The van der Waals surface area contributed by atoms with Crippen molar-refractivity contribution in [3.8, 4) is 0 Å². The van der Waals surface area contributed by atoms with Crippen LogP contribution in [0.15, 0.2) is 29.4 Å². The molecule has 0 amide bonds. The van der Waals surface area contributed by atoms with E-state index in [0.717, 1.165) is 27.3 Å². The predicted molar refractivity (Wildman–Crippen MR) is 76.9 cm³/mol. The van der Waals surface area contributed by atoms with Gasteiger partial charge in [-0.25, -0.2) is 4.98 Å². The average molecular weight is 311 g/mol. The van der Waals surface area contributed by atoms with E-state index in [9.17, 15) is 0 Å². The monoisotopic (exact) mass is 310 g/mol. The Balaban J connectivity index is 1.72. The summed E-state index contributed by atoms with van der Waals surface area (Å²) in [7, 11) is 0. The highest BCUT2D eigenvalue weighted by atomic mass is 79.9. The van der Waals surface area contributed by atoms with Crippen molar-refractivity contribution in [2.45, 2.75) is 24.4 Å². The highest BCUT2D eigenvalue weighted by Gasteiger charge is 2.35. The second-order valence-electron chi connectivity index (χ2n) is 4.83. The topological polar surface area (TPSA) is 28.7 Å². The zero-order valence-corrected chi connectivity index (χ0v) is 12.0. The van der Waals surface area contributed by atoms with E-state index >= 15 is 0 Å². The molecule has 1 aromatic carbocycles. The predicted octanol–water partition coefficient (Wildman–Crippen LogP) is 4.22. The molecule has 0 saturated heterocycles. The first-order valence-corrected chi connectivity index (χ1v) is 8.06. The highest BCUT2D eigenvalue weighted by molar-refractivity contribution is 9.09. The Kier molecular flexibility index (Phi) is 3.17. The summed E-state index contributed by atoms with van der Waals surface area (Å²) in [6, 6.07) is 8.21. The van der Waals surface area contributed by atoms with Gasteiger partial charge in [0.05, 0.1) is 11.0 Å². The molecule has 4 heteroatoms. The lowest BCUT2D eigenvalue weighted by Gasteiger charge is -2.40. The smallest absolute Gasteiger partial charge is 0.166 e. The number of halogens is 1. The van der Waals surface area contributed by atoms with Crippen molar-refractivity contribution in [1.82, 2.24) is 9.97 Å². The minimum absolute atomic E-state index is 0.518. The van der Waals surface area contributed by atoms with Crippen LogP contribution in [0.2, 0.25) is 0 Å². The van der Waals surface area contributed by atoms with Crippen molar-refractivity contribution < 1.29 is 0 Å². The van der Waals surface area contributed by atoms with Gasteiger partial charge in [0.1, 0.15) is 0 Å². The van der Waals surface area contributed by atoms with E-state index in [2.05, 4.69) is 38.0 Å². The Bertz CT molecular complexity index is 480. The van der Waals surface area contributed by atoms with Gasteiger partial charge in [0.15, 0.2) is 5.16 Å². The maximum absolute atomic E-state index is 4.60. The summed E-state index contributed by atoms with van der Waals surface area (Å²) in [5, 5.41) is 2.17. The standard InChI is InChI=1S/C13H15BrN2S/c14-8-13(6-3-7-13)9-17-12-15-10-4-1-2-5-11(10)16-12/h1-2,4-5H,3,6-9H2,(H,15,16). The van der Waals surface area contributed by atoms with Gasteiger partial charge >= 0.3 is 0 Å². The maximum atomic E-state index is 4.60. The number of aromatic amines is 1. The molecule has 1 aromatic heterocycles. The summed E-state index contributed by atoms with van der Waals surface area (Å²) in [5.74, 6) is 1.16. The van der Waals surface area contributed by atoms with E-state index in [1.54, 1.807) is 0 Å². The lowest BCUT2D eigenvalue weighted by molar-refractivity contribution is 0.206. The molecule has 1 saturated carbocycles. The van der Waals surface area contributed by atoms with Gasteiger partial charge in [0, 0.05) is 11.1 Å². The number of nitrogens with zero attached hydrogens (tertiary/aromatic N) is 1.